The lowest BCUT2D eigenvalue weighted by molar-refractivity contribution is 0.0525. The first-order valence-corrected chi connectivity index (χ1v) is 7.19. The number of alkyl carbamates (subject to hydrolysis) is 1. The number of nitrogens with one attached hydrogen (secondary N) is 1. The molecule has 0 aliphatic carbocycles. The van der Waals surface area contributed by atoms with E-state index < -0.39 is 11.7 Å². The largest absolute Gasteiger partial charge is 0.444 e. The number of carbonyl (C=O) groups excluding carboxylic acids is 1. The Morgan fingerprint density at radius 1 is 1.43 bits per heavy atom. The third kappa shape index (κ3) is 6.04. The van der Waals surface area contributed by atoms with Crippen LogP contribution in [0, 0.1) is 6.92 Å². The molecule has 3 N–H and O–H groups in total. The molecular weight excluding hydrogens is 266 g/mol. The van der Waals surface area contributed by atoms with Crippen LogP contribution in [0.5, 0.6) is 0 Å². The van der Waals surface area contributed by atoms with Crippen LogP contribution < -0.4 is 16.0 Å². The predicted octanol–water partition coefficient (Wildman–Crippen LogP) is 2.28. The highest BCUT2D eigenvalue weighted by atomic mass is 16.6. The van der Waals surface area contributed by atoms with Crippen LogP contribution in [0.1, 0.15) is 26.3 Å². The number of hydrogen-bond donors (Lipinski definition) is 2. The van der Waals surface area contributed by atoms with E-state index in [2.05, 4.69) is 16.3 Å². The summed E-state index contributed by atoms with van der Waals surface area (Å²) in [4.78, 5) is 13.8. The number of anilines is 1. The molecule has 118 valence electrons. The molecule has 1 rings (SSSR count). The van der Waals surface area contributed by atoms with Crippen LogP contribution in [0.15, 0.2) is 24.3 Å². The Morgan fingerprint density at radius 2 is 2.10 bits per heavy atom. The molecule has 21 heavy (non-hydrogen) atoms. The highest BCUT2D eigenvalue weighted by molar-refractivity contribution is 5.67. The van der Waals surface area contributed by atoms with Crippen molar-refractivity contribution in [2.24, 2.45) is 5.73 Å². The predicted molar refractivity (Wildman–Crippen MR) is 86.7 cm³/mol. The summed E-state index contributed by atoms with van der Waals surface area (Å²) in [6.07, 6.45) is -0.418. The quantitative estimate of drug-likeness (QED) is 0.874. The van der Waals surface area contributed by atoms with E-state index in [0.717, 1.165) is 5.69 Å². The van der Waals surface area contributed by atoms with Crippen molar-refractivity contribution >= 4 is 11.8 Å². The van der Waals surface area contributed by atoms with Crippen LogP contribution in [-0.2, 0) is 4.74 Å². The van der Waals surface area contributed by atoms with E-state index in [1.807, 2.05) is 52.9 Å². The summed E-state index contributed by atoms with van der Waals surface area (Å²) in [5.74, 6) is 0. The van der Waals surface area contributed by atoms with Crippen LogP contribution in [0.4, 0.5) is 10.5 Å². The lowest BCUT2D eigenvalue weighted by atomic mass is 10.1. The van der Waals surface area contributed by atoms with Crippen LogP contribution in [0.3, 0.4) is 0 Å². The van der Waals surface area contributed by atoms with Gasteiger partial charge in [0.1, 0.15) is 5.60 Å². The zero-order valence-corrected chi connectivity index (χ0v) is 13.6. The molecule has 1 atom stereocenters. The molecule has 0 bridgehead atoms. The second-order valence-electron chi connectivity index (χ2n) is 6.22. The lowest BCUT2D eigenvalue weighted by Gasteiger charge is -2.30. The minimum atomic E-state index is -0.495. The molecular formula is C16H27N3O2. The third-order valence-corrected chi connectivity index (χ3v) is 3.11. The summed E-state index contributed by atoms with van der Waals surface area (Å²) in [5, 5.41) is 2.77. The average molecular weight is 293 g/mol. The van der Waals surface area contributed by atoms with Gasteiger partial charge in [0.15, 0.2) is 0 Å². The monoisotopic (exact) mass is 293 g/mol. The van der Waals surface area contributed by atoms with Crippen molar-refractivity contribution in [2.45, 2.75) is 39.3 Å². The van der Waals surface area contributed by atoms with E-state index >= 15 is 0 Å². The number of nitrogens with two attached hydrogens (primary N) is 1. The Balaban J connectivity index is 2.60. The summed E-state index contributed by atoms with van der Waals surface area (Å²) >= 11 is 0. The SMILES string of the molecule is Cc1cccc(N(C)C(CN)CNC(=O)OC(C)(C)C)c1. The molecule has 0 spiro atoms. The fourth-order valence-corrected chi connectivity index (χ4v) is 1.95. The van der Waals surface area contributed by atoms with Crippen molar-refractivity contribution in [1.29, 1.82) is 0 Å². The number of benzene rings is 1. The van der Waals surface area contributed by atoms with Gasteiger partial charge in [0.2, 0.25) is 0 Å². The maximum Gasteiger partial charge on any atom is 0.407 e. The number of likely N-dealkylation sites (N-methyl/N-ethyl adjacent to an activating group) is 1. The molecule has 1 unspecified atom stereocenters. The molecule has 0 aliphatic heterocycles. The highest BCUT2D eigenvalue weighted by Crippen LogP contribution is 2.16. The van der Waals surface area contributed by atoms with Gasteiger partial charge in [-0.25, -0.2) is 4.79 Å². The number of hydrogen-bond acceptors (Lipinski definition) is 4. The van der Waals surface area contributed by atoms with Crippen molar-refractivity contribution in [3.63, 3.8) is 0 Å². The molecule has 1 amide bonds. The first-order valence-electron chi connectivity index (χ1n) is 7.19. The molecule has 0 heterocycles. The van der Waals surface area contributed by atoms with Crippen molar-refractivity contribution in [3.05, 3.63) is 29.8 Å². The minimum Gasteiger partial charge on any atom is -0.444 e. The number of nitrogens with zero attached hydrogens (tertiary/aromatic N) is 1. The van der Waals surface area contributed by atoms with Gasteiger partial charge in [-0.15, -0.1) is 0 Å². The normalized spacial score (nSPS) is 12.7. The maximum atomic E-state index is 11.7. The molecule has 1 aromatic rings. The Bertz CT molecular complexity index is 469. The molecule has 0 fully saturated rings. The summed E-state index contributed by atoms with van der Waals surface area (Å²) in [5.41, 5.74) is 7.60. The lowest BCUT2D eigenvalue weighted by Crippen LogP contribution is -2.47. The second kappa shape index (κ2) is 7.31. The fraction of sp³-hybridized carbons (Fsp3) is 0.562. The van der Waals surface area contributed by atoms with E-state index in [4.69, 9.17) is 10.5 Å². The molecule has 5 heteroatoms. The van der Waals surface area contributed by atoms with Crippen molar-refractivity contribution in [1.82, 2.24) is 5.32 Å². The van der Waals surface area contributed by atoms with Gasteiger partial charge in [-0.2, -0.15) is 0 Å². The maximum absolute atomic E-state index is 11.7. The Hall–Kier alpha value is -1.75. The van der Waals surface area contributed by atoms with Gasteiger partial charge in [0.05, 0.1) is 6.04 Å². The van der Waals surface area contributed by atoms with E-state index in [9.17, 15) is 4.79 Å². The Kier molecular flexibility index (Phi) is 6.03. The van der Waals surface area contributed by atoms with Gasteiger partial charge in [-0.05, 0) is 45.4 Å². The summed E-state index contributed by atoms with van der Waals surface area (Å²) < 4.78 is 5.23. The van der Waals surface area contributed by atoms with Crippen LogP contribution in [-0.4, -0.2) is 37.9 Å². The van der Waals surface area contributed by atoms with E-state index in [1.165, 1.54) is 5.56 Å². The van der Waals surface area contributed by atoms with Crippen molar-refractivity contribution < 1.29 is 9.53 Å². The number of ether oxygens (including phenoxy) is 1. The van der Waals surface area contributed by atoms with Crippen LogP contribution in [0.2, 0.25) is 0 Å². The van der Waals surface area contributed by atoms with Crippen molar-refractivity contribution in [2.75, 3.05) is 25.0 Å². The fourth-order valence-electron chi connectivity index (χ4n) is 1.95. The van der Waals surface area contributed by atoms with Gasteiger partial charge in [0, 0.05) is 25.8 Å². The summed E-state index contributed by atoms with van der Waals surface area (Å²) in [6.45, 7) is 8.45. The van der Waals surface area contributed by atoms with Gasteiger partial charge in [-0.3, -0.25) is 0 Å². The van der Waals surface area contributed by atoms with E-state index in [-0.39, 0.29) is 6.04 Å². The molecule has 0 aromatic heterocycles. The minimum absolute atomic E-state index is 0.0133. The second-order valence-corrected chi connectivity index (χ2v) is 6.22. The Labute approximate surface area is 127 Å². The van der Waals surface area contributed by atoms with Gasteiger partial charge in [0.25, 0.3) is 0 Å². The Morgan fingerprint density at radius 3 is 2.62 bits per heavy atom. The average Bonchev–Trinajstić information content (AvgIpc) is 2.37. The topological polar surface area (TPSA) is 67.6 Å². The zero-order chi connectivity index (χ0) is 16.0. The molecule has 0 saturated carbocycles. The zero-order valence-electron chi connectivity index (χ0n) is 13.6. The van der Waals surface area contributed by atoms with Gasteiger partial charge in [-0.1, -0.05) is 12.1 Å². The molecule has 5 nitrogen and oxygen atoms in total. The van der Waals surface area contributed by atoms with Crippen LogP contribution >= 0.6 is 0 Å². The molecule has 0 radical (unpaired) electrons. The van der Waals surface area contributed by atoms with Gasteiger partial charge >= 0.3 is 6.09 Å². The highest BCUT2D eigenvalue weighted by Gasteiger charge is 2.19. The van der Waals surface area contributed by atoms with E-state index in [0.29, 0.717) is 13.1 Å². The van der Waals surface area contributed by atoms with E-state index in [1.54, 1.807) is 0 Å². The van der Waals surface area contributed by atoms with Crippen LogP contribution in [0.25, 0.3) is 0 Å². The summed E-state index contributed by atoms with van der Waals surface area (Å²) in [7, 11) is 1.98. The molecule has 0 saturated heterocycles. The number of rotatable bonds is 5. The standard InChI is InChI=1S/C16H27N3O2/c1-12-7-6-8-13(9-12)19(5)14(10-17)11-18-15(20)21-16(2,3)4/h6-9,14H,10-11,17H2,1-5H3,(H,18,20). The number of carbonyl (C=O) groups is 1. The molecule has 0 aliphatic rings. The number of amides is 1. The van der Waals surface area contributed by atoms with Crippen molar-refractivity contribution in [3.8, 4) is 0 Å². The smallest absolute Gasteiger partial charge is 0.407 e. The third-order valence-electron chi connectivity index (χ3n) is 3.11. The summed E-state index contributed by atoms with van der Waals surface area (Å²) in [6, 6.07) is 8.20. The molecule has 1 aromatic carbocycles. The first kappa shape index (κ1) is 17.3. The number of aryl methyl sites for hydroxylation is 1. The first-order chi connectivity index (χ1) is 9.73. The van der Waals surface area contributed by atoms with Gasteiger partial charge < -0.3 is 20.7 Å².